The highest BCUT2D eigenvalue weighted by Gasteiger charge is 2.49. The fraction of sp³-hybridized carbons (Fsp3) is 0.417. The highest BCUT2D eigenvalue weighted by molar-refractivity contribution is 6.07. The number of imide groups is 1. The van der Waals surface area contributed by atoms with Gasteiger partial charge in [0.25, 0.3) is 5.91 Å². The van der Waals surface area contributed by atoms with Crippen molar-refractivity contribution in [3.05, 3.63) is 70.3 Å². The van der Waals surface area contributed by atoms with Gasteiger partial charge in [-0.05, 0) is 59.4 Å². The van der Waals surface area contributed by atoms with E-state index >= 15 is 0 Å². The van der Waals surface area contributed by atoms with E-state index in [2.05, 4.69) is 50.4 Å². The number of nitrogens with zero attached hydrogens (tertiary/aromatic N) is 1. The molecule has 3 amide bonds. The number of fused-ring (bicyclic) bond motifs is 1. The maximum absolute atomic E-state index is 13.2. The predicted molar refractivity (Wildman–Crippen MR) is 110 cm³/mol. The van der Waals surface area contributed by atoms with E-state index in [1.807, 2.05) is 25.1 Å². The van der Waals surface area contributed by atoms with Crippen LogP contribution in [0.1, 0.15) is 61.9 Å². The first-order valence-corrected chi connectivity index (χ1v) is 10.0. The molecule has 1 fully saturated rings. The van der Waals surface area contributed by atoms with E-state index in [9.17, 15) is 9.59 Å². The molecule has 1 N–H and O–H groups in total. The third kappa shape index (κ3) is 3.11. The zero-order valence-corrected chi connectivity index (χ0v) is 17.1. The number of hydrogen-bond acceptors (Lipinski definition) is 2. The van der Waals surface area contributed by atoms with Crippen molar-refractivity contribution in [1.29, 1.82) is 0 Å². The van der Waals surface area contributed by atoms with Gasteiger partial charge in [-0.15, -0.1) is 0 Å². The molecule has 1 saturated heterocycles. The molecule has 1 atom stereocenters. The van der Waals surface area contributed by atoms with Gasteiger partial charge in [-0.2, -0.15) is 0 Å². The van der Waals surface area contributed by atoms with Crippen molar-refractivity contribution in [2.45, 2.75) is 64.5 Å². The Labute approximate surface area is 166 Å². The SMILES string of the molecule is CC(C)(C)c1ccc(CN2C(=O)N[C@](C)(c3ccc4c(c3)CCC4)C2=O)cc1. The summed E-state index contributed by atoms with van der Waals surface area (Å²) in [6.45, 7) is 8.60. The van der Waals surface area contributed by atoms with E-state index < -0.39 is 5.54 Å². The molecule has 4 rings (SSSR count). The van der Waals surface area contributed by atoms with Crippen LogP contribution in [0.2, 0.25) is 0 Å². The number of aryl methyl sites for hydroxylation is 2. The highest BCUT2D eigenvalue weighted by Crippen LogP contribution is 2.33. The summed E-state index contributed by atoms with van der Waals surface area (Å²) in [4.78, 5) is 27.2. The Morgan fingerprint density at radius 1 is 1.00 bits per heavy atom. The summed E-state index contributed by atoms with van der Waals surface area (Å²) in [5.74, 6) is -0.185. The molecule has 2 aromatic carbocycles. The average molecular weight is 377 g/mol. The molecule has 0 saturated carbocycles. The summed E-state index contributed by atoms with van der Waals surface area (Å²) in [5, 5.41) is 2.93. The zero-order valence-electron chi connectivity index (χ0n) is 17.1. The summed E-state index contributed by atoms with van der Waals surface area (Å²) in [6.07, 6.45) is 3.31. The second kappa shape index (κ2) is 6.47. The van der Waals surface area contributed by atoms with Crippen LogP contribution in [-0.2, 0) is 35.1 Å². The number of carbonyl (C=O) groups excluding carboxylic acids is 2. The summed E-state index contributed by atoms with van der Waals surface area (Å²) in [6, 6.07) is 14.0. The predicted octanol–water partition coefficient (Wildman–Crippen LogP) is 4.44. The van der Waals surface area contributed by atoms with Crippen LogP contribution in [0.3, 0.4) is 0 Å². The van der Waals surface area contributed by atoms with Crippen LogP contribution in [0.15, 0.2) is 42.5 Å². The lowest BCUT2D eigenvalue weighted by Crippen LogP contribution is -2.40. The summed E-state index contributed by atoms with van der Waals surface area (Å²) in [7, 11) is 0. The first kappa shape index (κ1) is 18.7. The second-order valence-corrected chi connectivity index (χ2v) is 9.23. The molecule has 4 heteroatoms. The lowest BCUT2D eigenvalue weighted by atomic mass is 9.86. The molecule has 2 aliphatic rings. The van der Waals surface area contributed by atoms with Gasteiger partial charge < -0.3 is 5.32 Å². The molecule has 1 heterocycles. The lowest BCUT2D eigenvalue weighted by molar-refractivity contribution is -0.131. The van der Waals surface area contributed by atoms with Gasteiger partial charge in [-0.25, -0.2) is 4.79 Å². The second-order valence-electron chi connectivity index (χ2n) is 9.23. The minimum Gasteiger partial charge on any atom is -0.319 e. The smallest absolute Gasteiger partial charge is 0.319 e. The lowest BCUT2D eigenvalue weighted by Gasteiger charge is -2.23. The highest BCUT2D eigenvalue weighted by atomic mass is 16.2. The molecule has 0 aromatic heterocycles. The Balaban J connectivity index is 1.57. The quantitative estimate of drug-likeness (QED) is 0.805. The summed E-state index contributed by atoms with van der Waals surface area (Å²) in [5.41, 5.74) is 4.80. The number of amides is 3. The van der Waals surface area contributed by atoms with Crippen molar-refractivity contribution < 1.29 is 9.59 Å². The minimum atomic E-state index is -1.000. The fourth-order valence-electron chi connectivity index (χ4n) is 4.21. The third-order valence-electron chi connectivity index (χ3n) is 6.11. The Hall–Kier alpha value is -2.62. The Kier molecular flexibility index (Phi) is 4.33. The van der Waals surface area contributed by atoms with E-state index in [1.165, 1.54) is 21.6 Å². The minimum absolute atomic E-state index is 0.0749. The molecule has 1 aliphatic carbocycles. The van der Waals surface area contributed by atoms with Gasteiger partial charge in [-0.1, -0.05) is 63.2 Å². The van der Waals surface area contributed by atoms with E-state index in [1.54, 1.807) is 0 Å². The normalized spacial score (nSPS) is 21.8. The largest absolute Gasteiger partial charge is 0.325 e. The third-order valence-corrected chi connectivity index (χ3v) is 6.11. The van der Waals surface area contributed by atoms with E-state index in [0.717, 1.165) is 30.4 Å². The molecule has 28 heavy (non-hydrogen) atoms. The number of benzene rings is 2. The van der Waals surface area contributed by atoms with Gasteiger partial charge in [0.1, 0.15) is 5.54 Å². The first-order valence-electron chi connectivity index (χ1n) is 10.0. The van der Waals surface area contributed by atoms with Gasteiger partial charge in [0, 0.05) is 0 Å². The maximum atomic E-state index is 13.2. The van der Waals surface area contributed by atoms with Crippen LogP contribution in [0, 0.1) is 0 Å². The first-order chi connectivity index (χ1) is 13.2. The fourth-order valence-corrected chi connectivity index (χ4v) is 4.21. The molecule has 4 nitrogen and oxygen atoms in total. The van der Waals surface area contributed by atoms with Gasteiger partial charge in [0.15, 0.2) is 0 Å². The van der Waals surface area contributed by atoms with E-state index in [-0.39, 0.29) is 23.9 Å². The number of carbonyl (C=O) groups is 2. The van der Waals surface area contributed by atoms with Crippen molar-refractivity contribution in [1.82, 2.24) is 10.2 Å². The van der Waals surface area contributed by atoms with E-state index in [0.29, 0.717) is 0 Å². The van der Waals surface area contributed by atoms with Crippen LogP contribution in [-0.4, -0.2) is 16.8 Å². The molecule has 146 valence electrons. The molecule has 1 aliphatic heterocycles. The molecule has 0 spiro atoms. The average Bonchev–Trinajstić information content (AvgIpc) is 3.20. The summed E-state index contributed by atoms with van der Waals surface area (Å²) >= 11 is 0. The summed E-state index contributed by atoms with van der Waals surface area (Å²) < 4.78 is 0. The maximum Gasteiger partial charge on any atom is 0.325 e. The molecule has 0 radical (unpaired) electrons. The van der Waals surface area contributed by atoms with Gasteiger partial charge in [0.05, 0.1) is 6.54 Å². The topological polar surface area (TPSA) is 49.4 Å². The van der Waals surface area contributed by atoms with Gasteiger partial charge >= 0.3 is 6.03 Å². The Morgan fingerprint density at radius 3 is 2.36 bits per heavy atom. The van der Waals surface area contributed by atoms with Crippen molar-refractivity contribution in [3.63, 3.8) is 0 Å². The van der Waals surface area contributed by atoms with E-state index in [4.69, 9.17) is 0 Å². The molecule has 0 unspecified atom stereocenters. The Bertz CT molecular complexity index is 940. The monoisotopic (exact) mass is 376 g/mol. The number of urea groups is 1. The van der Waals surface area contributed by atoms with Crippen LogP contribution in [0.25, 0.3) is 0 Å². The molecule has 0 bridgehead atoms. The standard InChI is InChI=1S/C24H28N2O2/c1-23(2,3)19-11-8-16(9-12-19)15-26-21(27)24(4,25-22(26)28)20-13-10-17-6-5-7-18(17)14-20/h8-14H,5-7,15H2,1-4H3,(H,25,28)/t24-/m1/s1. The number of nitrogens with one attached hydrogen (secondary N) is 1. The molecular weight excluding hydrogens is 348 g/mol. The van der Waals surface area contributed by atoms with Crippen molar-refractivity contribution in [2.75, 3.05) is 0 Å². The van der Waals surface area contributed by atoms with Crippen LogP contribution < -0.4 is 5.32 Å². The zero-order chi connectivity index (χ0) is 20.1. The number of rotatable bonds is 3. The van der Waals surface area contributed by atoms with Gasteiger partial charge in [-0.3, -0.25) is 9.69 Å². The van der Waals surface area contributed by atoms with Crippen LogP contribution in [0.4, 0.5) is 4.79 Å². The molecule has 2 aromatic rings. The van der Waals surface area contributed by atoms with Gasteiger partial charge in [0.2, 0.25) is 0 Å². The Morgan fingerprint density at radius 2 is 1.68 bits per heavy atom. The van der Waals surface area contributed by atoms with Crippen molar-refractivity contribution in [3.8, 4) is 0 Å². The van der Waals surface area contributed by atoms with Crippen molar-refractivity contribution in [2.24, 2.45) is 0 Å². The molecular formula is C24H28N2O2. The van der Waals surface area contributed by atoms with Crippen LogP contribution >= 0.6 is 0 Å². The van der Waals surface area contributed by atoms with Crippen LogP contribution in [0.5, 0.6) is 0 Å². The number of hydrogen-bond donors (Lipinski definition) is 1. The van der Waals surface area contributed by atoms with Crippen molar-refractivity contribution >= 4 is 11.9 Å².